The van der Waals surface area contributed by atoms with Gasteiger partial charge in [-0.2, -0.15) is 0 Å². The summed E-state index contributed by atoms with van der Waals surface area (Å²) < 4.78 is 67.3. The van der Waals surface area contributed by atoms with Crippen LogP contribution in [0.3, 0.4) is 0 Å². The van der Waals surface area contributed by atoms with Crippen LogP contribution in [0.5, 0.6) is 0 Å². The number of ether oxygens (including phenoxy) is 3. The van der Waals surface area contributed by atoms with E-state index >= 15 is 0 Å². The van der Waals surface area contributed by atoms with Gasteiger partial charge in [0.15, 0.2) is 9.84 Å². The maximum absolute atomic E-state index is 13.5. The molecule has 1 aromatic rings. The van der Waals surface area contributed by atoms with Crippen LogP contribution in [0.15, 0.2) is 0 Å². The summed E-state index contributed by atoms with van der Waals surface area (Å²) >= 11 is 0. The molecule has 30 heavy (non-hydrogen) atoms. The lowest BCUT2D eigenvalue weighted by atomic mass is 10.3. The number of hydrogen-bond donors (Lipinski definition) is 1. The molecule has 2 rings (SSSR count). The van der Waals surface area contributed by atoms with Gasteiger partial charge in [0, 0.05) is 26.2 Å². The fourth-order valence-corrected chi connectivity index (χ4v) is 4.14. The van der Waals surface area contributed by atoms with Crippen molar-refractivity contribution < 1.29 is 31.4 Å². The molecule has 0 amide bonds. The molecule has 0 unspecified atom stereocenters. The molecule has 0 aliphatic carbocycles. The molecule has 0 bridgehead atoms. The molecule has 0 spiro atoms. The average Bonchev–Trinajstić information content (AvgIpc) is 3.10. The average molecular weight is 456 g/mol. The fourth-order valence-electron chi connectivity index (χ4n) is 2.86. The van der Waals surface area contributed by atoms with Gasteiger partial charge in [0.05, 0.1) is 57.7 Å². The first-order valence-corrected chi connectivity index (χ1v) is 11.8. The second kappa shape index (κ2) is 13.2. The first-order chi connectivity index (χ1) is 14.4. The van der Waals surface area contributed by atoms with Gasteiger partial charge in [-0.15, -0.1) is 5.10 Å². The van der Waals surface area contributed by atoms with Crippen molar-refractivity contribution in [2.24, 2.45) is 0 Å². The Morgan fingerprint density at radius 1 is 1.03 bits per heavy atom. The quantitative estimate of drug-likeness (QED) is 0.357. The number of sulfone groups is 1. The van der Waals surface area contributed by atoms with E-state index in [0.717, 1.165) is 11.2 Å². The highest BCUT2D eigenvalue weighted by molar-refractivity contribution is 7.91. The molecular formula is C17H31F2N5O5S. The van der Waals surface area contributed by atoms with Gasteiger partial charge >= 0.3 is 0 Å². The smallest absolute Gasteiger partial charge is 0.281 e. The van der Waals surface area contributed by atoms with Crippen LogP contribution in [0.2, 0.25) is 0 Å². The molecule has 0 atom stereocenters. The second-order valence-electron chi connectivity index (χ2n) is 6.81. The number of nitrogens with zero attached hydrogens (tertiary/aromatic N) is 4. The van der Waals surface area contributed by atoms with E-state index in [1.54, 1.807) is 4.90 Å². The summed E-state index contributed by atoms with van der Waals surface area (Å²) in [5, 5.41) is 10.7. The van der Waals surface area contributed by atoms with Crippen molar-refractivity contribution in [3.05, 3.63) is 11.4 Å². The molecule has 0 radical (unpaired) electrons. The molecule has 1 aliphatic heterocycles. The predicted molar refractivity (Wildman–Crippen MR) is 105 cm³/mol. The maximum atomic E-state index is 13.5. The minimum absolute atomic E-state index is 0.0309. The molecule has 0 aromatic carbocycles. The summed E-state index contributed by atoms with van der Waals surface area (Å²) in [5.41, 5.74) is -0.0760. The van der Waals surface area contributed by atoms with Gasteiger partial charge in [-0.05, 0) is 7.05 Å². The first kappa shape index (κ1) is 25.0. The Hall–Kier alpha value is -1.25. The molecule has 1 fully saturated rings. The Labute approximate surface area is 175 Å². The highest BCUT2D eigenvalue weighted by Crippen LogP contribution is 2.23. The highest BCUT2D eigenvalue weighted by atomic mass is 32.2. The van der Waals surface area contributed by atoms with Crippen molar-refractivity contribution in [3.63, 3.8) is 0 Å². The molecular weight excluding hydrogens is 424 g/mol. The molecule has 174 valence electrons. The molecule has 10 nitrogen and oxygen atoms in total. The van der Waals surface area contributed by atoms with E-state index in [2.05, 4.69) is 15.6 Å². The molecule has 1 aliphatic rings. The zero-order chi connectivity index (χ0) is 21.8. The second-order valence-corrected chi connectivity index (χ2v) is 9.12. The lowest BCUT2D eigenvalue weighted by molar-refractivity contribution is 0.0129. The SMILES string of the molecule is CNCCOCCOCCOCCn1nnc(CN2CCS(=O)(=O)CC2)c1C(F)F. The zero-order valence-electron chi connectivity index (χ0n) is 17.3. The maximum Gasteiger partial charge on any atom is 0.281 e. The van der Waals surface area contributed by atoms with Crippen LogP contribution in [0, 0.1) is 0 Å². The van der Waals surface area contributed by atoms with E-state index in [1.165, 1.54) is 0 Å². The van der Waals surface area contributed by atoms with Crippen LogP contribution in [-0.4, -0.2) is 106 Å². The summed E-state index contributed by atoms with van der Waals surface area (Å²) in [7, 11) is -1.17. The minimum Gasteiger partial charge on any atom is -0.378 e. The number of rotatable bonds is 15. The number of nitrogens with one attached hydrogen (secondary N) is 1. The van der Waals surface area contributed by atoms with Crippen molar-refractivity contribution in [1.29, 1.82) is 0 Å². The van der Waals surface area contributed by atoms with Crippen molar-refractivity contribution in [2.75, 3.05) is 77.8 Å². The van der Waals surface area contributed by atoms with E-state index in [9.17, 15) is 17.2 Å². The van der Waals surface area contributed by atoms with Crippen molar-refractivity contribution in [1.82, 2.24) is 25.2 Å². The van der Waals surface area contributed by atoms with Crippen molar-refractivity contribution in [3.8, 4) is 0 Å². The zero-order valence-corrected chi connectivity index (χ0v) is 18.1. The Kier molecular flexibility index (Phi) is 11.0. The number of hydrogen-bond acceptors (Lipinski definition) is 9. The van der Waals surface area contributed by atoms with Crippen molar-refractivity contribution in [2.45, 2.75) is 19.5 Å². The molecule has 1 N–H and O–H groups in total. The third-order valence-corrected chi connectivity index (χ3v) is 6.16. The summed E-state index contributed by atoms with van der Waals surface area (Å²) in [6, 6.07) is 0. The summed E-state index contributed by atoms with van der Waals surface area (Å²) in [4.78, 5) is 1.80. The highest BCUT2D eigenvalue weighted by Gasteiger charge is 2.26. The number of halogens is 2. The predicted octanol–water partition coefficient (Wildman–Crippen LogP) is -0.285. The topological polar surface area (TPSA) is 108 Å². The molecule has 1 aromatic heterocycles. The van der Waals surface area contributed by atoms with E-state index in [1.807, 2.05) is 7.05 Å². The lowest BCUT2D eigenvalue weighted by Crippen LogP contribution is -2.40. The van der Waals surface area contributed by atoms with Gasteiger partial charge < -0.3 is 19.5 Å². The Bertz CT molecular complexity index is 705. The van der Waals surface area contributed by atoms with Crippen LogP contribution >= 0.6 is 0 Å². The van der Waals surface area contributed by atoms with Crippen LogP contribution in [0.1, 0.15) is 17.8 Å². The van der Waals surface area contributed by atoms with Crippen LogP contribution in [0.25, 0.3) is 0 Å². The summed E-state index contributed by atoms with van der Waals surface area (Å²) in [5.74, 6) is 0.0618. The standard InChI is InChI=1S/C17H31F2N5O5S/c1-20-2-6-27-8-10-29-11-9-28-7-3-24-16(17(18)19)15(21-22-24)14-23-4-12-30(25,26)13-5-23/h17,20H,2-14H2,1H3. The minimum atomic E-state index is -3.03. The van der Waals surface area contributed by atoms with Gasteiger partial charge in [-0.25, -0.2) is 21.9 Å². The Morgan fingerprint density at radius 3 is 2.23 bits per heavy atom. The summed E-state index contributed by atoms with van der Waals surface area (Å²) in [6.45, 7) is 4.22. The third-order valence-electron chi connectivity index (χ3n) is 4.55. The van der Waals surface area contributed by atoms with Gasteiger partial charge in [-0.1, -0.05) is 5.21 Å². The number of alkyl halides is 2. The third kappa shape index (κ3) is 8.86. The van der Waals surface area contributed by atoms with E-state index in [0.29, 0.717) is 46.1 Å². The Morgan fingerprint density at radius 2 is 1.63 bits per heavy atom. The van der Waals surface area contributed by atoms with Crippen molar-refractivity contribution >= 4 is 9.84 Å². The monoisotopic (exact) mass is 455 g/mol. The number of likely N-dealkylation sites (N-methyl/N-ethyl adjacent to an activating group) is 1. The number of aromatic nitrogens is 3. The fraction of sp³-hybridized carbons (Fsp3) is 0.882. The molecule has 1 saturated heterocycles. The normalized spacial score (nSPS) is 17.1. The molecule has 13 heteroatoms. The molecule has 0 saturated carbocycles. The molecule has 2 heterocycles. The summed E-state index contributed by atoms with van der Waals surface area (Å²) in [6.07, 6.45) is -2.73. The van der Waals surface area contributed by atoms with Crippen LogP contribution in [-0.2, 0) is 37.1 Å². The Balaban J connectivity index is 1.67. The lowest BCUT2D eigenvalue weighted by Gasteiger charge is -2.25. The van der Waals surface area contributed by atoms with E-state index in [4.69, 9.17) is 14.2 Å². The van der Waals surface area contributed by atoms with E-state index < -0.39 is 16.3 Å². The van der Waals surface area contributed by atoms with E-state index in [-0.39, 0.29) is 42.6 Å². The van der Waals surface area contributed by atoms with Crippen LogP contribution in [0.4, 0.5) is 8.78 Å². The van der Waals surface area contributed by atoms with Gasteiger partial charge in [0.25, 0.3) is 6.43 Å². The van der Waals surface area contributed by atoms with Gasteiger partial charge in [-0.3, -0.25) is 4.90 Å². The van der Waals surface area contributed by atoms with Gasteiger partial charge in [0.1, 0.15) is 11.4 Å². The first-order valence-electron chi connectivity index (χ1n) is 9.94. The van der Waals surface area contributed by atoms with Crippen LogP contribution < -0.4 is 5.32 Å². The largest absolute Gasteiger partial charge is 0.378 e. The van der Waals surface area contributed by atoms with Gasteiger partial charge in [0.2, 0.25) is 0 Å².